The number of thiazole rings is 1. The number of ether oxygens (including phenoxy) is 1. The second-order valence-corrected chi connectivity index (χ2v) is 8.38. The van der Waals surface area contributed by atoms with Crippen LogP contribution in [0.3, 0.4) is 0 Å². The highest BCUT2D eigenvalue weighted by Gasteiger charge is 2.31. The smallest absolute Gasteiger partial charge is 0.263 e. The van der Waals surface area contributed by atoms with Crippen LogP contribution in [0.25, 0.3) is 0 Å². The molecule has 4 rings (SSSR count). The molecule has 2 N–H and O–H groups in total. The molecule has 3 heterocycles. The number of aliphatic hydroxyl groups excluding tert-OH is 1. The van der Waals surface area contributed by atoms with Gasteiger partial charge in [-0.2, -0.15) is 0 Å². The van der Waals surface area contributed by atoms with Crippen LogP contribution in [0.15, 0.2) is 47.9 Å². The first-order chi connectivity index (χ1) is 12.4. The monoisotopic (exact) mass is 371 g/mol. The van der Waals surface area contributed by atoms with Gasteiger partial charge in [-0.1, -0.05) is 31.3 Å². The Morgan fingerprint density at radius 1 is 1.42 bits per heavy atom. The summed E-state index contributed by atoms with van der Waals surface area (Å²) in [6.07, 6.45) is 11.1. The van der Waals surface area contributed by atoms with E-state index in [0.29, 0.717) is 22.3 Å². The predicted octanol–water partition coefficient (Wildman–Crippen LogP) is 3.77. The molecular weight excluding hydrogens is 350 g/mol. The van der Waals surface area contributed by atoms with Crippen molar-refractivity contribution in [1.82, 2.24) is 10.3 Å². The molecule has 2 aliphatic heterocycles. The fourth-order valence-corrected chi connectivity index (χ4v) is 4.16. The molecule has 26 heavy (non-hydrogen) atoms. The summed E-state index contributed by atoms with van der Waals surface area (Å²) in [6.45, 7) is 4.90. The number of carbonyl (C=O) groups is 1. The third kappa shape index (κ3) is 3.14. The van der Waals surface area contributed by atoms with E-state index in [1.54, 1.807) is 18.5 Å². The normalized spacial score (nSPS) is 21.7. The lowest BCUT2D eigenvalue weighted by atomic mass is 9.88. The number of hydrogen-bond acceptors (Lipinski definition) is 6. The number of nitrogens with one attached hydrogen (secondary N) is 1. The Hall–Kier alpha value is -2.54. The molecule has 0 saturated carbocycles. The van der Waals surface area contributed by atoms with Gasteiger partial charge in [-0.25, -0.2) is 4.98 Å². The maximum Gasteiger partial charge on any atom is 0.263 e. The zero-order valence-corrected chi connectivity index (χ0v) is 15.6. The minimum atomic E-state index is -0.0615. The maximum atomic E-state index is 12.4. The van der Waals surface area contributed by atoms with Gasteiger partial charge in [0, 0.05) is 18.3 Å². The van der Waals surface area contributed by atoms with Crippen LogP contribution in [-0.2, 0) is 11.2 Å². The zero-order chi connectivity index (χ0) is 18.3. The van der Waals surface area contributed by atoms with Crippen LogP contribution in [0, 0.1) is 5.41 Å². The highest BCUT2D eigenvalue weighted by molar-refractivity contribution is 7.17. The van der Waals surface area contributed by atoms with Gasteiger partial charge in [-0.3, -0.25) is 9.69 Å². The highest BCUT2D eigenvalue weighted by atomic mass is 32.1. The van der Waals surface area contributed by atoms with E-state index in [2.05, 4.69) is 19.2 Å². The summed E-state index contributed by atoms with van der Waals surface area (Å²) in [7, 11) is 0. The van der Waals surface area contributed by atoms with Crippen molar-refractivity contribution >= 4 is 22.4 Å². The molecule has 1 aliphatic carbocycles. The summed E-state index contributed by atoms with van der Waals surface area (Å²) in [5.74, 6) is 0.770. The van der Waals surface area contributed by atoms with Crippen LogP contribution in [-0.4, -0.2) is 22.5 Å². The van der Waals surface area contributed by atoms with Crippen molar-refractivity contribution in [2.75, 3.05) is 11.4 Å². The van der Waals surface area contributed by atoms with Gasteiger partial charge in [0.1, 0.15) is 22.7 Å². The summed E-state index contributed by atoms with van der Waals surface area (Å²) in [5, 5.41) is 13.8. The number of aromatic nitrogens is 1. The van der Waals surface area contributed by atoms with E-state index in [4.69, 9.17) is 9.72 Å². The predicted molar refractivity (Wildman–Crippen MR) is 101 cm³/mol. The molecule has 1 aromatic heterocycles. The number of amides is 1. The van der Waals surface area contributed by atoms with Gasteiger partial charge in [0.25, 0.3) is 5.91 Å². The molecular formula is C19H21N3O3S. The lowest BCUT2D eigenvalue weighted by molar-refractivity contribution is 0.0948. The summed E-state index contributed by atoms with van der Waals surface area (Å²) in [6, 6.07) is 0. The molecule has 0 atom stereocenters. The first-order valence-electron chi connectivity index (χ1n) is 8.63. The van der Waals surface area contributed by atoms with Crippen molar-refractivity contribution in [3.63, 3.8) is 0 Å². The molecule has 0 unspecified atom stereocenters. The zero-order valence-electron chi connectivity index (χ0n) is 14.8. The molecule has 6 nitrogen and oxygen atoms in total. The van der Waals surface area contributed by atoms with Crippen LogP contribution >= 0.6 is 11.3 Å². The van der Waals surface area contributed by atoms with Gasteiger partial charge >= 0.3 is 0 Å². The lowest BCUT2D eigenvalue weighted by Gasteiger charge is -2.22. The first-order valence-corrected chi connectivity index (χ1v) is 9.45. The van der Waals surface area contributed by atoms with Crippen molar-refractivity contribution in [2.24, 2.45) is 5.41 Å². The molecule has 136 valence electrons. The van der Waals surface area contributed by atoms with Crippen LogP contribution in [0.1, 0.15) is 42.1 Å². The number of hydrogen-bond donors (Lipinski definition) is 2. The van der Waals surface area contributed by atoms with Crippen LogP contribution in [0.4, 0.5) is 5.13 Å². The van der Waals surface area contributed by atoms with E-state index in [0.717, 1.165) is 30.5 Å². The van der Waals surface area contributed by atoms with E-state index >= 15 is 0 Å². The Kier molecular flexibility index (Phi) is 4.11. The third-order valence-corrected chi connectivity index (χ3v) is 5.71. The average Bonchev–Trinajstić information content (AvgIpc) is 2.99. The molecule has 0 bridgehead atoms. The molecule has 0 spiro atoms. The van der Waals surface area contributed by atoms with Crippen molar-refractivity contribution in [3.05, 3.63) is 58.5 Å². The Balaban J connectivity index is 1.67. The minimum Gasteiger partial charge on any atom is -0.508 e. The standard InChI is InChI=1S/C19H21N3O3S/c1-19(2)9-13-16(17(24)20-11-19)26-18(21-13)22-7-8-25-15(10-22)12-5-3-4-6-14(12)23/h4,6-8,10,23H,3,5,9,11H2,1-2H3,(H,20,24). The SMILES string of the molecule is CC1(C)CNC(=O)c2sc(N3C=COC(C4=C(O)C=CCC4)=C3)nc2C1. The highest BCUT2D eigenvalue weighted by Crippen LogP contribution is 2.35. The maximum absolute atomic E-state index is 12.4. The van der Waals surface area contributed by atoms with E-state index < -0.39 is 0 Å². The van der Waals surface area contributed by atoms with E-state index in [-0.39, 0.29) is 17.1 Å². The third-order valence-electron chi connectivity index (χ3n) is 4.60. The molecule has 1 aromatic rings. The number of allylic oxidation sites excluding steroid dienone is 3. The second kappa shape index (κ2) is 6.32. The number of anilines is 1. The van der Waals surface area contributed by atoms with Gasteiger partial charge in [0.15, 0.2) is 5.13 Å². The molecule has 0 saturated heterocycles. The number of carbonyl (C=O) groups excluding carboxylic acids is 1. The van der Waals surface area contributed by atoms with Crippen LogP contribution in [0.5, 0.6) is 0 Å². The van der Waals surface area contributed by atoms with Gasteiger partial charge in [0.2, 0.25) is 0 Å². The topological polar surface area (TPSA) is 74.7 Å². The number of fused-ring (bicyclic) bond motifs is 1. The first kappa shape index (κ1) is 16.9. The molecule has 0 radical (unpaired) electrons. The largest absolute Gasteiger partial charge is 0.508 e. The molecule has 1 amide bonds. The van der Waals surface area contributed by atoms with Gasteiger partial charge in [0.05, 0.1) is 11.9 Å². The second-order valence-electron chi connectivity index (χ2n) is 7.40. The lowest BCUT2D eigenvalue weighted by Crippen LogP contribution is -2.31. The quantitative estimate of drug-likeness (QED) is 0.828. The molecule has 3 aliphatic rings. The Labute approximate surface area is 156 Å². The minimum absolute atomic E-state index is 0.0286. The summed E-state index contributed by atoms with van der Waals surface area (Å²) in [4.78, 5) is 19.6. The number of rotatable bonds is 2. The Bertz CT molecular complexity index is 877. The van der Waals surface area contributed by atoms with E-state index in [9.17, 15) is 9.90 Å². The average molecular weight is 371 g/mol. The van der Waals surface area contributed by atoms with Gasteiger partial charge in [-0.05, 0) is 30.8 Å². The van der Waals surface area contributed by atoms with Crippen molar-refractivity contribution in [2.45, 2.75) is 33.1 Å². The van der Waals surface area contributed by atoms with Crippen LogP contribution in [0.2, 0.25) is 0 Å². The van der Waals surface area contributed by atoms with Gasteiger partial charge in [-0.15, -0.1) is 0 Å². The van der Waals surface area contributed by atoms with E-state index in [1.807, 2.05) is 17.2 Å². The van der Waals surface area contributed by atoms with Crippen molar-refractivity contribution in [1.29, 1.82) is 0 Å². The Morgan fingerprint density at radius 3 is 3.08 bits per heavy atom. The van der Waals surface area contributed by atoms with Gasteiger partial charge < -0.3 is 15.2 Å². The molecule has 0 aromatic carbocycles. The summed E-state index contributed by atoms with van der Waals surface area (Å²) < 4.78 is 5.60. The fourth-order valence-electron chi connectivity index (χ4n) is 3.20. The van der Waals surface area contributed by atoms with E-state index in [1.165, 1.54) is 11.3 Å². The summed E-state index contributed by atoms with van der Waals surface area (Å²) >= 11 is 1.37. The fraction of sp³-hybridized carbons (Fsp3) is 0.368. The van der Waals surface area contributed by atoms with Crippen molar-refractivity contribution in [3.8, 4) is 0 Å². The Morgan fingerprint density at radius 2 is 2.27 bits per heavy atom. The van der Waals surface area contributed by atoms with Crippen molar-refractivity contribution < 1.29 is 14.6 Å². The molecule has 7 heteroatoms. The number of nitrogens with zero attached hydrogens (tertiary/aromatic N) is 2. The van der Waals surface area contributed by atoms with Crippen LogP contribution < -0.4 is 10.2 Å². The summed E-state index contributed by atoms with van der Waals surface area (Å²) in [5.41, 5.74) is 1.58. The molecule has 0 fully saturated rings. The number of aliphatic hydroxyl groups is 1.